The highest BCUT2D eigenvalue weighted by atomic mass is 35.5. The zero-order valence-corrected chi connectivity index (χ0v) is 14.7. The molecule has 0 amide bonds. The number of nitrogens with zero attached hydrogens (tertiary/aromatic N) is 2. The number of aromatic nitrogens is 1. The number of anilines is 1. The van der Waals surface area contributed by atoms with Gasteiger partial charge in [0.25, 0.3) is 0 Å². The standard InChI is InChI=1S/C18H14ClFN2O2S/c19-14-10-17(21-18-13(14)5-3-6-15(18)20)22-8-9-25(23,24)16-7-2-1-4-12(16)11-22/h1-7,10H,8-9,11H2. The minimum absolute atomic E-state index is 0.0291. The van der Waals surface area contributed by atoms with E-state index in [0.717, 1.165) is 0 Å². The van der Waals surface area contributed by atoms with Crippen LogP contribution in [0.2, 0.25) is 5.02 Å². The molecule has 0 atom stereocenters. The predicted octanol–water partition coefficient (Wildman–Crippen LogP) is 3.82. The quantitative estimate of drug-likeness (QED) is 0.647. The van der Waals surface area contributed by atoms with Gasteiger partial charge >= 0.3 is 0 Å². The molecule has 1 aliphatic rings. The number of benzene rings is 2. The van der Waals surface area contributed by atoms with Crippen molar-refractivity contribution < 1.29 is 12.8 Å². The highest BCUT2D eigenvalue weighted by Crippen LogP contribution is 2.31. The van der Waals surface area contributed by atoms with Crippen LogP contribution in [0.25, 0.3) is 10.9 Å². The van der Waals surface area contributed by atoms with Crippen molar-refractivity contribution in [2.45, 2.75) is 11.4 Å². The van der Waals surface area contributed by atoms with E-state index < -0.39 is 15.7 Å². The molecule has 0 bridgehead atoms. The van der Waals surface area contributed by atoms with Gasteiger partial charge in [-0.25, -0.2) is 17.8 Å². The van der Waals surface area contributed by atoms with Crippen LogP contribution in [0.15, 0.2) is 53.4 Å². The molecule has 4 nitrogen and oxygen atoms in total. The maximum atomic E-state index is 14.1. The summed E-state index contributed by atoms with van der Waals surface area (Å²) in [4.78, 5) is 6.56. The largest absolute Gasteiger partial charge is 0.351 e. The third kappa shape index (κ3) is 2.85. The van der Waals surface area contributed by atoms with Crippen LogP contribution in [-0.2, 0) is 16.4 Å². The Kier molecular flexibility index (Phi) is 3.89. The number of hydrogen-bond acceptors (Lipinski definition) is 4. The molecule has 0 radical (unpaired) electrons. The second-order valence-electron chi connectivity index (χ2n) is 5.95. The van der Waals surface area contributed by atoms with E-state index in [0.29, 0.717) is 33.2 Å². The first-order valence-corrected chi connectivity index (χ1v) is 9.79. The molecule has 0 fully saturated rings. The van der Waals surface area contributed by atoms with E-state index in [-0.39, 0.29) is 17.8 Å². The molecule has 128 valence electrons. The fourth-order valence-corrected chi connectivity index (χ4v) is 4.83. The van der Waals surface area contributed by atoms with Crippen LogP contribution < -0.4 is 4.90 Å². The summed E-state index contributed by atoms with van der Waals surface area (Å²) in [6.45, 7) is 0.638. The average Bonchev–Trinajstić information content (AvgIpc) is 2.72. The van der Waals surface area contributed by atoms with Gasteiger partial charge in [-0.1, -0.05) is 41.9 Å². The number of hydrogen-bond donors (Lipinski definition) is 0. The lowest BCUT2D eigenvalue weighted by Gasteiger charge is -2.22. The van der Waals surface area contributed by atoms with E-state index >= 15 is 0 Å². The molecule has 0 N–H and O–H groups in total. The van der Waals surface area contributed by atoms with Gasteiger partial charge in [0.15, 0.2) is 9.84 Å². The van der Waals surface area contributed by atoms with Gasteiger partial charge < -0.3 is 4.90 Å². The summed E-state index contributed by atoms with van der Waals surface area (Å²) >= 11 is 6.30. The zero-order valence-electron chi connectivity index (χ0n) is 13.1. The van der Waals surface area contributed by atoms with Crippen LogP contribution in [0.4, 0.5) is 10.2 Å². The number of fused-ring (bicyclic) bond motifs is 2. The Morgan fingerprint density at radius 1 is 1.12 bits per heavy atom. The summed E-state index contributed by atoms with van der Waals surface area (Å²) in [5, 5.41) is 0.924. The molecule has 0 saturated heterocycles. The second kappa shape index (κ2) is 5.97. The van der Waals surface area contributed by atoms with E-state index in [9.17, 15) is 12.8 Å². The third-order valence-corrected chi connectivity index (χ3v) is 6.45. The van der Waals surface area contributed by atoms with Gasteiger partial charge in [0.1, 0.15) is 17.2 Å². The fourth-order valence-electron chi connectivity index (χ4n) is 3.08. The van der Waals surface area contributed by atoms with Gasteiger partial charge in [0.2, 0.25) is 0 Å². The van der Waals surface area contributed by atoms with Crippen LogP contribution in [0, 0.1) is 5.82 Å². The summed E-state index contributed by atoms with van der Waals surface area (Å²) < 4.78 is 39.1. The van der Waals surface area contributed by atoms with Gasteiger partial charge in [-0.15, -0.1) is 0 Å². The second-order valence-corrected chi connectivity index (χ2v) is 8.43. The van der Waals surface area contributed by atoms with Crippen molar-refractivity contribution >= 4 is 38.2 Å². The first-order chi connectivity index (χ1) is 12.0. The summed E-state index contributed by atoms with van der Waals surface area (Å²) in [6, 6.07) is 13.2. The Hall–Kier alpha value is -2.18. The maximum Gasteiger partial charge on any atom is 0.180 e. The Balaban J connectivity index is 1.84. The molecule has 1 aliphatic heterocycles. The van der Waals surface area contributed by atoms with Crippen LogP contribution in [0.5, 0.6) is 0 Å². The van der Waals surface area contributed by atoms with Crippen LogP contribution >= 0.6 is 11.6 Å². The van der Waals surface area contributed by atoms with Crippen molar-refractivity contribution in [3.63, 3.8) is 0 Å². The maximum absolute atomic E-state index is 14.1. The SMILES string of the molecule is O=S1(=O)CCN(c2cc(Cl)c3cccc(F)c3n2)Cc2ccccc21. The minimum Gasteiger partial charge on any atom is -0.351 e. The number of sulfone groups is 1. The van der Waals surface area contributed by atoms with Gasteiger partial charge in [0, 0.05) is 18.5 Å². The lowest BCUT2D eigenvalue weighted by molar-refractivity contribution is 0.596. The Labute approximate surface area is 149 Å². The highest BCUT2D eigenvalue weighted by Gasteiger charge is 2.26. The third-order valence-electron chi connectivity index (χ3n) is 4.35. The van der Waals surface area contributed by atoms with Crippen LogP contribution in [0.1, 0.15) is 5.56 Å². The lowest BCUT2D eigenvalue weighted by atomic mass is 10.2. The molecule has 7 heteroatoms. The van der Waals surface area contributed by atoms with Crippen molar-refractivity contribution in [1.29, 1.82) is 0 Å². The van der Waals surface area contributed by atoms with E-state index in [4.69, 9.17) is 11.6 Å². The fraction of sp³-hybridized carbons (Fsp3) is 0.167. The predicted molar refractivity (Wildman–Crippen MR) is 96.3 cm³/mol. The number of halogens is 2. The highest BCUT2D eigenvalue weighted by molar-refractivity contribution is 7.91. The van der Waals surface area contributed by atoms with Gasteiger partial charge in [-0.2, -0.15) is 0 Å². The van der Waals surface area contributed by atoms with E-state index in [1.165, 1.54) is 6.07 Å². The molecular weight excluding hydrogens is 363 g/mol. The molecule has 0 spiro atoms. The van der Waals surface area contributed by atoms with Gasteiger partial charge in [-0.05, 0) is 23.8 Å². The van der Waals surface area contributed by atoms with Crippen LogP contribution in [-0.4, -0.2) is 25.7 Å². The Morgan fingerprint density at radius 3 is 2.76 bits per heavy atom. The molecule has 0 unspecified atom stereocenters. The molecule has 3 aromatic rings. The van der Waals surface area contributed by atoms with Crippen molar-refractivity contribution in [3.05, 3.63) is 64.9 Å². The van der Waals surface area contributed by atoms with E-state index in [1.807, 2.05) is 4.90 Å². The first-order valence-electron chi connectivity index (χ1n) is 7.76. The summed E-state index contributed by atoms with van der Waals surface area (Å²) in [6.07, 6.45) is 0. The number of rotatable bonds is 1. The molecular formula is C18H14ClFN2O2S. The monoisotopic (exact) mass is 376 g/mol. The van der Waals surface area contributed by atoms with Crippen molar-refractivity contribution in [3.8, 4) is 0 Å². The average molecular weight is 377 g/mol. The van der Waals surface area contributed by atoms with Crippen molar-refractivity contribution in [2.24, 2.45) is 0 Å². The number of pyridine rings is 1. The first kappa shape index (κ1) is 16.3. The van der Waals surface area contributed by atoms with Gasteiger partial charge in [-0.3, -0.25) is 0 Å². The van der Waals surface area contributed by atoms with Gasteiger partial charge in [0.05, 0.1) is 15.7 Å². The van der Waals surface area contributed by atoms with E-state index in [1.54, 1.807) is 42.5 Å². The molecule has 0 aliphatic carbocycles. The molecule has 25 heavy (non-hydrogen) atoms. The summed E-state index contributed by atoms with van der Waals surface area (Å²) in [5.74, 6) is -0.0166. The molecule has 0 saturated carbocycles. The number of para-hydroxylation sites is 1. The van der Waals surface area contributed by atoms with Crippen molar-refractivity contribution in [1.82, 2.24) is 4.98 Å². The normalized spacial score (nSPS) is 16.5. The van der Waals surface area contributed by atoms with Crippen molar-refractivity contribution in [2.75, 3.05) is 17.2 Å². The smallest absolute Gasteiger partial charge is 0.180 e. The van der Waals surface area contributed by atoms with Crippen LogP contribution in [0.3, 0.4) is 0 Å². The molecule has 4 rings (SSSR count). The lowest BCUT2D eigenvalue weighted by Crippen LogP contribution is -2.26. The Morgan fingerprint density at radius 2 is 1.92 bits per heavy atom. The molecule has 2 aromatic carbocycles. The summed E-state index contributed by atoms with van der Waals surface area (Å²) in [5.41, 5.74) is 0.886. The molecule has 1 aromatic heterocycles. The summed E-state index contributed by atoms with van der Waals surface area (Å²) in [7, 11) is -3.36. The topological polar surface area (TPSA) is 50.3 Å². The Bertz CT molecular complexity index is 1090. The van der Waals surface area contributed by atoms with E-state index in [2.05, 4.69) is 4.98 Å². The zero-order chi connectivity index (χ0) is 17.6. The minimum atomic E-state index is -3.36. The molecule has 2 heterocycles.